The van der Waals surface area contributed by atoms with Gasteiger partial charge >= 0.3 is 0 Å². The Labute approximate surface area is 131 Å². The minimum Gasteiger partial charge on any atom is -0.302 e. The van der Waals surface area contributed by atoms with E-state index in [1.807, 2.05) is 0 Å². The molecule has 0 aliphatic heterocycles. The zero-order valence-electron chi connectivity index (χ0n) is 13.3. The monoisotopic (exact) mass is 300 g/mol. The first-order valence-corrected chi connectivity index (χ1v) is 8.75. The number of aldehydes is 1. The Hall–Kier alpha value is -1.25. The van der Waals surface area contributed by atoms with Crippen LogP contribution in [0.2, 0.25) is 0 Å². The van der Waals surface area contributed by atoms with Gasteiger partial charge in [0.1, 0.15) is 12.1 Å². The second-order valence-electron chi connectivity index (χ2n) is 8.13. The molecule has 0 bridgehead atoms. The number of fused-ring (bicyclic) bond motifs is 5. The molecule has 0 aromatic rings. The Balaban J connectivity index is 1.74. The van der Waals surface area contributed by atoms with Gasteiger partial charge in [0.05, 0.1) is 5.41 Å². The highest BCUT2D eigenvalue weighted by Gasteiger charge is 2.60. The summed E-state index contributed by atoms with van der Waals surface area (Å²) in [7, 11) is 0. The quantitative estimate of drug-likeness (QED) is 0.698. The summed E-state index contributed by atoms with van der Waals surface area (Å²) in [5, 5.41) is 0. The van der Waals surface area contributed by atoms with Crippen molar-refractivity contribution in [3.8, 4) is 0 Å². The fourth-order valence-electron chi connectivity index (χ4n) is 6.26. The summed E-state index contributed by atoms with van der Waals surface area (Å²) in [4.78, 5) is 36.2. The SMILES string of the molecule is C[C@@]12CC[C@H]3[C@@H](CCC4=CC(=O)CC[C@@]43C=O)[C@@H]1CCC2=O. The molecule has 5 atom stereocenters. The smallest absolute Gasteiger partial charge is 0.155 e. The number of hydrogen-bond acceptors (Lipinski definition) is 3. The van der Waals surface area contributed by atoms with Crippen molar-refractivity contribution in [1.29, 1.82) is 0 Å². The Morgan fingerprint density at radius 3 is 2.64 bits per heavy atom. The van der Waals surface area contributed by atoms with E-state index in [-0.39, 0.29) is 11.2 Å². The van der Waals surface area contributed by atoms with Crippen molar-refractivity contribution < 1.29 is 14.4 Å². The molecule has 4 aliphatic carbocycles. The van der Waals surface area contributed by atoms with Crippen LogP contribution >= 0.6 is 0 Å². The van der Waals surface area contributed by atoms with E-state index in [2.05, 4.69) is 6.92 Å². The van der Waals surface area contributed by atoms with Crippen LogP contribution in [0, 0.1) is 28.6 Å². The van der Waals surface area contributed by atoms with E-state index >= 15 is 0 Å². The molecule has 0 aromatic carbocycles. The third kappa shape index (κ3) is 1.65. The van der Waals surface area contributed by atoms with E-state index in [9.17, 15) is 14.4 Å². The summed E-state index contributed by atoms with van der Waals surface area (Å²) in [6, 6.07) is 0. The molecule has 0 aromatic heterocycles. The van der Waals surface area contributed by atoms with Crippen molar-refractivity contribution in [3.05, 3.63) is 11.6 Å². The van der Waals surface area contributed by atoms with Gasteiger partial charge in [0, 0.05) is 18.3 Å². The number of allylic oxidation sites excluding steroid dienone is 1. The van der Waals surface area contributed by atoms with Crippen molar-refractivity contribution >= 4 is 17.9 Å². The van der Waals surface area contributed by atoms with Crippen molar-refractivity contribution in [3.63, 3.8) is 0 Å². The lowest BCUT2D eigenvalue weighted by molar-refractivity contribution is -0.135. The first-order chi connectivity index (χ1) is 10.5. The van der Waals surface area contributed by atoms with E-state index in [1.165, 1.54) is 0 Å². The van der Waals surface area contributed by atoms with Gasteiger partial charge in [0.2, 0.25) is 0 Å². The van der Waals surface area contributed by atoms with E-state index in [1.54, 1.807) is 6.08 Å². The molecule has 4 aliphatic rings. The number of rotatable bonds is 1. The highest BCUT2D eigenvalue weighted by Crippen LogP contribution is 2.63. The second kappa shape index (κ2) is 4.62. The molecule has 0 amide bonds. The van der Waals surface area contributed by atoms with Crippen LogP contribution in [0.25, 0.3) is 0 Å². The summed E-state index contributed by atoms with van der Waals surface area (Å²) < 4.78 is 0. The number of Topliss-reactive ketones (excluding diaryl/α,β-unsaturated/α-hetero) is 1. The first-order valence-electron chi connectivity index (χ1n) is 8.75. The van der Waals surface area contributed by atoms with Crippen LogP contribution in [-0.4, -0.2) is 17.9 Å². The van der Waals surface area contributed by atoms with Crippen LogP contribution in [-0.2, 0) is 14.4 Å². The third-order valence-corrected chi connectivity index (χ3v) is 7.48. The molecule has 0 unspecified atom stereocenters. The molecule has 0 saturated heterocycles. The van der Waals surface area contributed by atoms with Crippen LogP contribution in [0.5, 0.6) is 0 Å². The van der Waals surface area contributed by atoms with Crippen molar-refractivity contribution in [2.45, 2.75) is 58.3 Å². The molecule has 118 valence electrons. The number of carbonyl (C=O) groups is 3. The molecule has 0 N–H and O–H groups in total. The van der Waals surface area contributed by atoms with Gasteiger partial charge in [-0.2, -0.15) is 0 Å². The lowest BCUT2D eigenvalue weighted by atomic mass is 9.47. The van der Waals surface area contributed by atoms with Crippen molar-refractivity contribution in [2.24, 2.45) is 28.6 Å². The predicted octanol–water partition coefficient (Wildman–Crippen LogP) is 3.27. The molecule has 0 spiro atoms. The first kappa shape index (κ1) is 14.3. The average molecular weight is 300 g/mol. The summed E-state index contributed by atoms with van der Waals surface area (Å²) in [6.45, 7) is 2.16. The van der Waals surface area contributed by atoms with Crippen LogP contribution in [0.3, 0.4) is 0 Å². The van der Waals surface area contributed by atoms with Crippen molar-refractivity contribution in [1.82, 2.24) is 0 Å². The minimum atomic E-state index is -0.399. The molecule has 4 rings (SSSR count). The van der Waals surface area contributed by atoms with E-state index in [0.717, 1.165) is 50.4 Å². The highest BCUT2D eigenvalue weighted by molar-refractivity contribution is 5.93. The number of ketones is 2. The number of carbonyl (C=O) groups excluding carboxylic acids is 3. The number of hydrogen-bond donors (Lipinski definition) is 0. The van der Waals surface area contributed by atoms with Gasteiger partial charge in [-0.15, -0.1) is 0 Å². The fourth-order valence-corrected chi connectivity index (χ4v) is 6.26. The van der Waals surface area contributed by atoms with Gasteiger partial charge in [-0.3, -0.25) is 9.59 Å². The Kier molecular flexibility index (Phi) is 3.02. The van der Waals surface area contributed by atoms with Gasteiger partial charge in [-0.1, -0.05) is 12.5 Å². The standard InChI is InChI=1S/C19H24O3/c1-18-8-7-16-14(15(18)4-5-17(18)22)3-2-12-10-13(21)6-9-19(12,16)11-20/h10-11,14-16H,2-9H2,1H3/t14-,15-,16-,18+,19+/m0/s1. The Bertz CT molecular complexity index is 589. The average Bonchev–Trinajstić information content (AvgIpc) is 2.82. The molecule has 3 fully saturated rings. The second-order valence-corrected chi connectivity index (χ2v) is 8.13. The normalized spacial score (nSPS) is 47.3. The Morgan fingerprint density at radius 1 is 1.05 bits per heavy atom. The van der Waals surface area contributed by atoms with Gasteiger partial charge in [0.15, 0.2) is 5.78 Å². The lowest BCUT2D eigenvalue weighted by Gasteiger charge is -2.55. The van der Waals surface area contributed by atoms with Gasteiger partial charge in [0.25, 0.3) is 0 Å². The zero-order valence-corrected chi connectivity index (χ0v) is 13.3. The zero-order chi connectivity index (χ0) is 15.5. The molecule has 3 heteroatoms. The maximum atomic E-state index is 12.4. The van der Waals surface area contributed by atoms with Gasteiger partial charge < -0.3 is 4.79 Å². The summed E-state index contributed by atoms with van der Waals surface area (Å²) in [5.41, 5.74) is 0.550. The topological polar surface area (TPSA) is 51.2 Å². The van der Waals surface area contributed by atoms with Crippen LogP contribution in [0.1, 0.15) is 58.3 Å². The minimum absolute atomic E-state index is 0.142. The molecule has 3 saturated carbocycles. The van der Waals surface area contributed by atoms with Gasteiger partial charge in [-0.25, -0.2) is 0 Å². The molecule has 0 radical (unpaired) electrons. The van der Waals surface area contributed by atoms with Crippen LogP contribution in [0.15, 0.2) is 11.6 Å². The molecule has 0 heterocycles. The van der Waals surface area contributed by atoms with Crippen molar-refractivity contribution in [2.75, 3.05) is 0 Å². The highest BCUT2D eigenvalue weighted by atomic mass is 16.1. The Morgan fingerprint density at radius 2 is 1.86 bits per heavy atom. The summed E-state index contributed by atoms with van der Waals surface area (Å²) in [5.74, 6) is 1.91. The molecular weight excluding hydrogens is 276 g/mol. The lowest BCUT2D eigenvalue weighted by Crippen LogP contribution is -2.52. The van der Waals surface area contributed by atoms with E-state index in [0.29, 0.717) is 36.4 Å². The molecule has 3 nitrogen and oxygen atoms in total. The van der Waals surface area contributed by atoms with Crippen LogP contribution in [0.4, 0.5) is 0 Å². The summed E-state index contributed by atoms with van der Waals surface area (Å²) >= 11 is 0. The molecular formula is C19H24O3. The summed E-state index contributed by atoms with van der Waals surface area (Å²) in [6.07, 6.45) is 9.65. The predicted molar refractivity (Wildman–Crippen MR) is 82.1 cm³/mol. The largest absolute Gasteiger partial charge is 0.302 e. The van der Waals surface area contributed by atoms with E-state index < -0.39 is 5.41 Å². The van der Waals surface area contributed by atoms with Gasteiger partial charge in [-0.05, 0) is 62.4 Å². The van der Waals surface area contributed by atoms with E-state index in [4.69, 9.17) is 0 Å². The third-order valence-electron chi connectivity index (χ3n) is 7.48. The maximum Gasteiger partial charge on any atom is 0.155 e. The maximum absolute atomic E-state index is 12.4. The molecule has 22 heavy (non-hydrogen) atoms. The van der Waals surface area contributed by atoms with Crippen LogP contribution < -0.4 is 0 Å². The fraction of sp³-hybridized carbons (Fsp3) is 0.737.